The van der Waals surface area contributed by atoms with Crippen LogP contribution in [0.3, 0.4) is 0 Å². The normalized spacial score (nSPS) is 13.9. The molecule has 0 saturated carbocycles. The van der Waals surface area contributed by atoms with Crippen LogP contribution in [0.5, 0.6) is 0 Å². The highest BCUT2D eigenvalue weighted by atomic mass is 35.5. The molecule has 2 aromatic rings. The van der Waals surface area contributed by atoms with Crippen molar-refractivity contribution in [3.8, 4) is 0 Å². The molecule has 0 aromatic heterocycles. The lowest BCUT2D eigenvalue weighted by molar-refractivity contribution is -0.384. The Kier molecular flexibility index (Phi) is 5.97. The average molecular weight is 421 g/mol. The molecular formula is C19H18ClFN4O4. The van der Waals surface area contributed by atoms with Gasteiger partial charge in [-0.1, -0.05) is 11.6 Å². The van der Waals surface area contributed by atoms with E-state index >= 15 is 0 Å². The summed E-state index contributed by atoms with van der Waals surface area (Å²) in [6, 6.07) is 7.91. The van der Waals surface area contributed by atoms with E-state index in [0.29, 0.717) is 31.9 Å². The molecule has 1 aliphatic heterocycles. The van der Waals surface area contributed by atoms with Crippen LogP contribution in [0.1, 0.15) is 20.7 Å². The number of amides is 2. The van der Waals surface area contributed by atoms with Crippen molar-refractivity contribution in [3.63, 3.8) is 0 Å². The molecule has 1 fully saturated rings. The van der Waals surface area contributed by atoms with Gasteiger partial charge in [0.25, 0.3) is 17.5 Å². The number of rotatable bonds is 4. The van der Waals surface area contributed by atoms with E-state index in [9.17, 15) is 24.1 Å². The van der Waals surface area contributed by atoms with Crippen molar-refractivity contribution in [2.24, 2.45) is 0 Å². The number of anilines is 1. The van der Waals surface area contributed by atoms with Crippen LogP contribution in [-0.4, -0.2) is 54.9 Å². The van der Waals surface area contributed by atoms with Gasteiger partial charge in [-0.15, -0.1) is 0 Å². The number of hydrogen-bond acceptors (Lipinski definition) is 5. The second-order valence-corrected chi connectivity index (χ2v) is 6.88. The van der Waals surface area contributed by atoms with Gasteiger partial charge in [-0.3, -0.25) is 19.7 Å². The highest BCUT2D eigenvalue weighted by molar-refractivity contribution is 6.31. The summed E-state index contributed by atoms with van der Waals surface area (Å²) in [5.74, 6) is -1.54. The molecule has 2 amide bonds. The van der Waals surface area contributed by atoms with Crippen molar-refractivity contribution in [3.05, 3.63) is 68.5 Å². The molecule has 10 heteroatoms. The van der Waals surface area contributed by atoms with E-state index in [4.69, 9.17) is 11.6 Å². The highest BCUT2D eigenvalue weighted by Crippen LogP contribution is 2.27. The minimum atomic E-state index is -0.640. The van der Waals surface area contributed by atoms with Crippen LogP contribution in [0.15, 0.2) is 36.4 Å². The van der Waals surface area contributed by atoms with Gasteiger partial charge < -0.3 is 15.1 Å². The molecule has 0 unspecified atom stereocenters. The van der Waals surface area contributed by atoms with Gasteiger partial charge in [0.2, 0.25) is 0 Å². The third-order valence-electron chi connectivity index (χ3n) is 4.73. The van der Waals surface area contributed by atoms with E-state index in [-0.39, 0.29) is 21.8 Å². The summed E-state index contributed by atoms with van der Waals surface area (Å²) in [4.78, 5) is 38.7. The molecule has 1 heterocycles. The van der Waals surface area contributed by atoms with Crippen molar-refractivity contribution in [1.29, 1.82) is 0 Å². The zero-order valence-corrected chi connectivity index (χ0v) is 16.3. The first kappa shape index (κ1) is 20.5. The van der Waals surface area contributed by atoms with E-state index in [1.54, 1.807) is 0 Å². The number of benzene rings is 2. The van der Waals surface area contributed by atoms with Crippen LogP contribution in [0, 0.1) is 15.9 Å². The summed E-state index contributed by atoms with van der Waals surface area (Å²) in [5, 5.41) is 13.8. The molecule has 29 heavy (non-hydrogen) atoms. The molecule has 152 valence electrons. The topological polar surface area (TPSA) is 95.8 Å². The van der Waals surface area contributed by atoms with Crippen molar-refractivity contribution >= 4 is 34.8 Å². The maximum absolute atomic E-state index is 14.0. The summed E-state index contributed by atoms with van der Waals surface area (Å²) in [6.07, 6.45) is 0. The first-order valence-corrected chi connectivity index (χ1v) is 9.19. The maximum atomic E-state index is 14.0. The van der Waals surface area contributed by atoms with Crippen molar-refractivity contribution < 1.29 is 18.9 Å². The van der Waals surface area contributed by atoms with Crippen LogP contribution in [0.2, 0.25) is 5.02 Å². The molecule has 0 spiro atoms. The van der Waals surface area contributed by atoms with Crippen LogP contribution in [-0.2, 0) is 0 Å². The molecule has 0 radical (unpaired) electrons. The van der Waals surface area contributed by atoms with E-state index in [0.717, 1.165) is 6.07 Å². The smallest absolute Gasteiger partial charge is 0.270 e. The lowest BCUT2D eigenvalue weighted by Gasteiger charge is -2.36. The quantitative estimate of drug-likeness (QED) is 0.606. The third kappa shape index (κ3) is 4.29. The molecule has 1 aliphatic rings. The lowest BCUT2D eigenvalue weighted by Crippen LogP contribution is -2.49. The van der Waals surface area contributed by atoms with Crippen molar-refractivity contribution in [1.82, 2.24) is 10.2 Å². The SMILES string of the molecule is CNC(=O)c1cc([N+](=O)[O-])ccc1N1CCN(C(=O)c2cc(Cl)ccc2F)CC1. The summed E-state index contributed by atoms with van der Waals surface area (Å²) in [7, 11) is 1.45. The van der Waals surface area contributed by atoms with Gasteiger partial charge >= 0.3 is 0 Å². The molecule has 0 bridgehead atoms. The number of carbonyl (C=O) groups excluding carboxylic acids is 2. The average Bonchev–Trinajstić information content (AvgIpc) is 2.74. The number of nitro groups is 1. The van der Waals surface area contributed by atoms with E-state index < -0.39 is 22.6 Å². The number of halogens is 2. The van der Waals surface area contributed by atoms with Gasteiger partial charge in [0.1, 0.15) is 5.82 Å². The molecule has 8 nitrogen and oxygen atoms in total. The Labute approximate surface area is 171 Å². The van der Waals surface area contributed by atoms with Gasteiger partial charge in [0, 0.05) is 50.4 Å². The molecule has 0 atom stereocenters. The number of hydrogen-bond donors (Lipinski definition) is 1. The van der Waals surface area contributed by atoms with Crippen LogP contribution in [0.25, 0.3) is 0 Å². The summed E-state index contributed by atoms with van der Waals surface area (Å²) in [5.41, 5.74) is 0.447. The fourth-order valence-corrected chi connectivity index (χ4v) is 3.38. The largest absolute Gasteiger partial charge is 0.367 e. The van der Waals surface area contributed by atoms with Gasteiger partial charge in [-0.2, -0.15) is 0 Å². The predicted molar refractivity (Wildman–Crippen MR) is 106 cm³/mol. The van der Waals surface area contributed by atoms with Crippen molar-refractivity contribution in [2.45, 2.75) is 0 Å². The minimum absolute atomic E-state index is 0.0904. The zero-order chi connectivity index (χ0) is 21.1. The zero-order valence-electron chi connectivity index (χ0n) is 15.5. The Balaban J connectivity index is 1.78. The Morgan fingerprint density at radius 2 is 1.79 bits per heavy atom. The Bertz CT molecular complexity index is 977. The van der Waals surface area contributed by atoms with Gasteiger partial charge in [0.05, 0.1) is 21.7 Å². The predicted octanol–water partition coefficient (Wildman–Crippen LogP) is 2.71. The summed E-state index contributed by atoms with van der Waals surface area (Å²) < 4.78 is 14.0. The Morgan fingerprint density at radius 1 is 1.10 bits per heavy atom. The second-order valence-electron chi connectivity index (χ2n) is 6.44. The molecule has 3 rings (SSSR count). The first-order chi connectivity index (χ1) is 13.8. The molecule has 1 saturated heterocycles. The fraction of sp³-hybridized carbons (Fsp3) is 0.263. The standard InChI is InChI=1S/C19H18ClFN4O4/c1-22-18(26)15-11-13(25(28)29)3-5-17(15)23-6-8-24(9-7-23)19(27)14-10-12(20)2-4-16(14)21/h2-5,10-11H,6-9H2,1H3,(H,22,26). The van der Waals surface area contributed by atoms with Crippen LogP contribution < -0.4 is 10.2 Å². The molecule has 0 aliphatic carbocycles. The van der Waals surface area contributed by atoms with Gasteiger partial charge in [-0.25, -0.2) is 4.39 Å². The first-order valence-electron chi connectivity index (χ1n) is 8.81. The summed E-state index contributed by atoms with van der Waals surface area (Å²) >= 11 is 5.87. The number of nitro benzene ring substituents is 1. The number of piperazine rings is 1. The maximum Gasteiger partial charge on any atom is 0.270 e. The highest BCUT2D eigenvalue weighted by Gasteiger charge is 2.27. The number of nitrogens with one attached hydrogen (secondary N) is 1. The molecule has 2 aromatic carbocycles. The Hall–Kier alpha value is -3.20. The van der Waals surface area contributed by atoms with E-state index in [2.05, 4.69) is 5.32 Å². The molecular weight excluding hydrogens is 403 g/mol. The van der Waals surface area contributed by atoms with Crippen LogP contribution in [0.4, 0.5) is 15.8 Å². The Morgan fingerprint density at radius 3 is 2.41 bits per heavy atom. The minimum Gasteiger partial charge on any atom is -0.367 e. The fourth-order valence-electron chi connectivity index (χ4n) is 3.21. The molecule has 1 N–H and O–H groups in total. The lowest BCUT2D eigenvalue weighted by atomic mass is 10.1. The third-order valence-corrected chi connectivity index (χ3v) is 4.96. The van der Waals surface area contributed by atoms with Gasteiger partial charge in [-0.05, 0) is 24.3 Å². The second kappa shape index (κ2) is 8.44. The van der Waals surface area contributed by atoms with Crippen LogP contribution >= 0.6 is 11.6 Å². The number of nitrogens with zero attached hydrogens (tertiary/aromatic N) is 3. The van der Waals surface area contributed by atoms with Crippen molar-refractivity contribution in [2.75, 3.05) is 38.1 Å². The summed E-state index contributed by atoms with van der Waals surface area (Å²) in [6.45, 7) is 1.37. The monoisotopic (exact) mass is 420 g/mol. The van der Waals surface area contributed by atoms with Gasteiger partial charge in [0.15, 0.2) is 0 Å². The number of non-ortho nitro benzene ring substituents is 1. The van der Waals surface area contributed by atoms with E-state index in [1.807, 2.05) is 4.90 Å². The number of carbonyl (C=O) groups is 2. The van der Waals surface area contributed by atoms with E-state index in [1.165, 1.54) is 42.3 Å².